The predicted molar refractivity (Wildman–Crippen MR) is 47.1 cm³/mol. The molecule has 4 nitrogen and oxygen atoms in total. The maximum absolute atomic E-state index is 11.0. The van der Waals surface area contributed by atoms with Gasteiger partial charge in [-0.3, -0.25) is 4.79 Å². The summed E-state index contributed by atoms with van der Waals surface area (Å²) in [7, 11) is 0. The Morgan fingerprint density at radius 2 is 1.92 bits per heavy atom. The summed E-state index contributed by atoms with van der Waals surface area (Å²) in [4.78, 5) is 11.0. The normalized spacial score (nSPS) is 10.5. The van der Waals surface area contributed by atoms with E-state index in [1.807, 2.05) is 0 Å². The molecule has 2 N–H and O–H groups in total. The standard InChI is InChI=1S/C9H7NO3/c11-8-5-6-3-1-2-4-7(6)10(13)9(8)12/h1-5,11,13H. The molecular weight excluding hydrogens is 170 g/mol. The van der Waals surface area contributed by atoms with Crippen LogP contribution in [0.5, 0.6) is 5.75 Å². The number of para-hydroxylation sites is 1. The van der Waals surface area contributed by atoms with Crippen molar-refractivity contribution in [2.75, 3.05) is 0 Å². The lowest BCUT2D eigenvalue weighted by Gasteiger charge is -2.02. The van der Waals surface area contributed by atoms with E-state index in [1.54, 1.807) is 24.3 Å². The molecule has 4 heteroatoms. The summed E-state index contributed by atoms with van der Waals surface area (Å²) >= 11 is 0. The molecule has 0 fully saturated rings. The first-order valence-corrected chi connectivity index (χ1v) is 3.73. The van der Waals surface area contributed by atoms with E-state index >= 15 is 0 Å². The van der Waals surface area contributed by atoms with Crippen LogP contribution in [0.3, 0.4) is 0 Å². The van der Waals surface area contributed by atoms with Crippen molar-refractivity contribution < 1.29 is 10.3 Å². The van der Waals surface area contributed by atoms with E-state index in [4.69, 9.17) is 5.11 Å². The lowest BCUT2D eigenvalue weighted by atomic mass is 10.2. The van der Waals surface area contributed by atoms with Gasteiger partial charge in [0.2, 0.25) is 0 Å². The second-order valence-corrected chi connectivity index (χ2v) is 2.71. The monoisotopic (exact) mass is 177 g/mol. The molecule has 1 heterocycles. The van der Waals surface area contributed by atoms with Crippen LogP contribution in [-0.2, 0) is 0 Å². The molecule has 0 unspecified atom stereocenters. The van der Waals surface area contributed by atoms with Crippen LogP contribution in [0.15, 0.2) is 35.1 Å². The van der Waals surface area contributed by atoms with E-state index in [0.717, 1.165) is 0 Å². The Balaban J connectivity index is 3.02. The van der Waals surface area contributed by atoms with Crippen LogP contribution in [-0.4, -0.2) is 15.0 Å². The van der Waals surface area contributed by atoms with Crippen molar-refractivity contribution in [2.24, 2.45) is 0 Å². The Kier molecular flexibility index (Phi) is 1.48. The van der Waals surface area contributed by atoms with Crippen molar-refractivity contribution in [3.63, 3.8) is 0 Å². The maximum atomic E-state index is 11.0. The van der Waals surface area contributed by atoms with E-state index in [0.29, 0.717) is 15.6 Å². The van der Waals surface area contributed by atoms with Gasteiger partial charge in [-0.25, -0.2) is 0 Å². The number of pyridine rings is 1. The number of nitrogens with zero attached hydrogens (tertiary/aromatic N) is 1. The second-order valence-electron chi connectivity index (χ2n) is 2.71. The minimum Gasteiger partial charge on any atom is -0.503 e. The fourth-order valence-corrected chi connectivity index (χ4v) is 1.23. The summed E-state index contributed by atoms with van der Waals surface area (Å²) in [6.45, 7) is 0. The molecule has 0 bridgehead atoms. The topological polar surface area (TPSA) is 62.5 Å². The first-order valence-electron chi connectivity index (χ1n) is 3.73. The molecule has 1 aromatic carbocycles. The Morgan fingerprint density at radius 3 is 2.69 bits per heavy atom. The highest BCUT2D eigenvalue weighted by Gasteiger charge is 2.05. The van der Waals surface area contributed by atoms with Crippen LogP contribution in [0.4, 0.5) is 0 Å². The van der Waals surface area contributed by atoms with Crippen LogP contribution in [0, 0.1) is 0 Å². The lowest BCUT2D eigenvalue weighted by Crippen LogP contribution is -2.16. The molecule has 0 saturated carbocycles. The summed E-state index contributed by atoms with van der Waals surface area (Å²) in [5.74, 6) is -0.457. The lowest BCUT2D eigenvalue weighted by molar-refractivity contribution is 0.184. The van der Waals surface area contributed by atoms with Crippen LogP contribution < -0.4 is 5.56 Å². The van der Waals surface area contributed by atoms with Crippen LogP contribution in [0.25, 0.3) is 10.9 Å². The molecule has 2 aromatic rings. The van der Waals surface area contributed by atoms with Crippen molar-refractivity contribution in [1.29, 1.82) is 0 Å². The maximum Gasteiger partial charge on any atom is 0.325 e. The Labute approximate surface area is 73.2 Å². The van der Waals surface area contributed by atoms with Gasteiger partial charge in [0.05, 0.1) is 5.52 Å². The number of benzene rings is 1. The third-order valence-corrected chi connectivity index (χ3v) is 1.87. The van der Waals surface area contributed by atoms with Crippen LogP contribution >= 0.6 is 0 Å². The number of aromatic nitrogens is 1. The molecular formula is C9H7NO3. The summed E-state index contributed by atoms with van der Waals surface area (Å²) in [5.41, 5.74) is -0.427. The van der Waals surface area contributed by atoms with Crippen molar-refractivity contribution in [2.45, 2.75) is 0 Å². The second kappa shape index (κ2) is 2.52. The molecule has 1 aromatic heterocycles. The summed E-state index contributed by atoms with van der Waals surface area (Å²) in [5, 5.41) is 19.0. The molecule has 0 amide bonds. The minimum absolute atomic E-state index is 0.380. The summed E-state index contributed by atoms with van der Waals surface area (Å²) < 4.78 is 0.435. The van der Waals surface area contributed by atoms with Gasteiger partial charge < -0.3 is 10.3 Å². The zero-order chi connectivity index (χ0) is 9.42. The molecule has 0 atom stereocenters. The molecule has 0 aliphatic carbocycles. The van der Waals surface area contributed by atoms with Gasteiger partial charge in [0.15, 0.2) is 5.75 Å². The first kappa shape index (κ1) is 7.67. The highest BCUT2D eigenvalue weighted by atomic mass is 16.5. The fraction of sp³-hybridized carbons (Fsp3) is 0. The minimum atomic E-state index is -0.807. The SMILES string of the molecule is O=c1c(O)cc2ccccc2n1O. The Hall–Kier alpha value is -1.97. The quantitative estimate of drug-likeness (QED) is 0.589. The van der Waals surface area contributed by atoms with Crippen molar-refractivity contribution >= 4 is 10.9 Å². The van der Waals surface area contributed by atoms with Gasteiger partial charge in [-0.05, 0) is 12.1 Å². The van der Waals surface area contributed by atoms with Crippen LogP contribution in [0.1, 0.15) is 0 Å². The first-order chi connectivity index (χ1) is 6.20. The molecule has 0 radical (unpaired) electrons. The van der Waals surface area contributed by atoms with Gasteiger partial charge in [-0.2, -0.15) is 0 Å². The van der Waals surface area contributed by atoms with Gasteiger partial charge in [0.1, 0.15) is 0 Å². The largest absolute Gasteiger partial charge is 0.503 e. The molecule has 0 aliphatic heterocycles. The van der Waals surface area contributed by atoms with E-state index in [9.17, 15) is 10.0 Å². The number of rotatable bonds is 0. The number of hydrogen-bond acceptors (Lipinski definition) is 3. The molecule has 0 saturated heterocycles. The van der Waals surface area contributed by atoms with Gasteiger partial charge in [0, 0.05) is 5.39 Å². The zero-order valence-corrected chi connectivity index (χ0v) is 6.64. The molecule has 0 spiro atoms. The fourth-order valence-electron chi connectivity index (χ4n) is 1.23. The third-order valence-electron chi connectivity index (χ3n) is 1.87. The van der Waals surface area contributed by atoms with E-state index < -0.39 is 11.3 Å². The van der Waals surface area contributed by atoms with Crippen LogP contribution in [0.2, 0.25) is 0 Å². The number of aromatic hydroxyl groups is 1. The third kappa shape index (κ3) is 1.03. The molecule has 2 rings (SSSR count). The van der Waals surface area contributed by atoms with Crippen molar-refractivity contribution in [1.82, 2.24) is 4.73 Å². The van der Waals surface area contributed by atoms with Gasteiger partial charge in [0.25, 0.3) is 0 Å². The molecule has 13 heavy (non-hydrogen) atoms. The molecule has 0 aliphatic rings. The zero-order valence-electron chi connectivity index (χ0n) is 6.64. The number of fused-ring (bicyclic) bond motifs is 1. The van der Waals surface area contributed by atoms with Crippen molar-refractivity contribution in [3.8, 4) is 5.75 Å². The molecule has 66 valence electrons. The highest BCUT2D eigenvalue weighted by molar-refractivity contribution is 5.79. The smallest absolute Gasteiger partial charge is 0.325 e. The number of hydrogen-bond donors (Lipinski definition) is 2. The summed E-state index contributed by atoms with van der Waals surface area (Å²) in [6.07, 6.45) is 0. The van der Waals surface area contributed by atoms with Crippen molar-refractivity contribution in [3.05, 3.63) is 40.7 Å². The van der Waals surface area contributed by atoms with E-state index in [2.05, 4.69) is 0 Å². The van der Waals surface area contributed by atoms with Gasteiger partial charge >= 0.3 is 5.56 Å². The van der Waals surface area contributed by atoms with Gasteiger partial charge in [-0.15, -0.1) is 4.73 Å². The van der Waals surface area contributed by atoms with Gasteiger partial charge in [-0.1, -0.05) is 18.2 Å². The predicted octanol–water partition coefficient (Wildman–Crippen LogP) is 0.944. The van der Waals surface area contributed by atoms with E-state index in [-0.39, 0.29) is 0 Å². The Bertz CT molecular complexity index is 516. The average Bonchev–Trinajstić information content (AvgIpc) is 2.15. The highest BCUT2D eigenvalue weighted by Crippen LogP contribution is 2.14. The van der Waals surface area contributed by atoms with E-state index in [1.165, 1.54) is 6.07 Å². The summed E-state index contributed by atoms with van der Waals surface area (Å²) in [6, 6.07) is 8.07. The average molecular weight is 177 g/mol. The Morgan fingerprint density at radius 1 is 1.23 bits per heavy atom.